The van der Waals surface area contributed by atoms with E-state index in [4.69, 9.17) is 56.5 Å². The molecule has 7 aromatic carbocycles. The molecule has 1 unspecified atom stereocenters. The summed E-state index contributed by atoms with van der Waals surface area (Å²) in [6.07, 6.45) is -9.23. The first-order chi connectivity index (χ1) is 39.6. The molecule has 0 aliphatic carbocycles. The van der Waals surface area contributed by atoms with Gasteiger partial charge in [0, 0.05) is 5.56 Å². The summed E-state index contributed by atoms with van der Waals surface area (Å²) in [6, 6.07) is 66.8. The molecule has 0 radical (unpaired) electrons. The molecule has 14 heteroatoms. The SMILES string of the molecule is C=CCO[C@H]1[C@H]2OC(c3ccccc3)OC[C@H]2O[C@@H](O[C@H]2[C@H](OCc3ccc(OC)cc3)[C@@H](OCc3ccccc3)[C@@H](OCc3ccccc3)O[C@@H]2CO[Si](c2ccccc2)(c2ccccc2)C(C)(C)C)[C@@H]1OC(=O)c1ccccc1. The summed E-state index contributed by atoms with van der Waals surface area (Å²) in [5.41, 5.74) is 3.84. The van der Waals surface area contributed by atoms with Crippen LogP contribution in [0.2, 0.25) is 5.04 Å². The van der Waals surface area contributed by atoms with Crippen molar-refractivity contribution in [1.82, 2.24) is 0 Å². The summed E-state index contributed by atoms with van der Waals surface area (Å²) < 4.78 is 83.1. The van der Waals surface area contributed by atoms with Crippen LogP contribution in [0.4, 0.5) is 0 Å². The minimum absolute atomic E-state index is 0.00837. The summed E-state index contributed by atoms with van der Waals surface area (Å²) in [4.78, 5) is 14.5. The van der Waals surface area contributed by atoms with E-state index < -0.39 is 87.0 Å². The second-order valence-electron chi connectivity index (χ2n) is 21.3. The van der Waals surface area contributed by atoms with Gasteiger partial charge in [0.15, 0.2) is 25.0 Å². The zero-order valence-corrected chi connectivity index (χ0v) is 47.3. The minimum atomic E-state index is -3.27. The lowest BCUT2D eigenvalue weighted by Crippen LogP contribution is -2.69. The highest BCUT2D eigenvalue weighted by atomic mass is 28.4. The molecule has 0 bridgehead atoms. The van der Waals surface area contributed by atoms with Gasteiger partial charge in [0.1, 0.15) is 48.5 Å². The summed E-state index contributed by atoms with van der Waals surface area (Å²) in [5, 5.41) is 1.74. The maximum absolute atomic E-state index is 14.5. The highest BCUT2D eigenvalue weighted by molar-refractivity contribution is 6.99. The van der Waals surface area contributed by atoms with Gasteiger partial charge in [-0.25, -0.2) is 4.79 Å². The van der Waals surface area contributed by atoms with Crippen LogP contribution in [0, 0.1) is 0 Å². The number of hydrogen-bond acceptors (Lipinski definition) is 13. The number of esters is 1. The molecule has 0 N–H and O–H groups in total. The molecule has 13 nitrogen and oxygen atoms in total. The Morgan fingerprint density at radius 1 is 0.568 bits per heavy atom. The minimum Gasteiger partial charge on any atom is -0.497 e. The van der Waals surface area contributed by atoms with Gasteiger partial charge in [0.2, 0.25) is 0 Å². The Balaban J connectivity index is 1.11. The monoisotopic (exact) mass is 1110 g/mol. The van der Waals surface area contributed by atoms with E-state index in [1.807, 2.05) is 133 Å². The van der Waals surface area contributed by atoms with Crippen molar-refractivity contribution in [2.45, 2.75) is 113 Å². The Hall–Kier alpha value is -6.63. The van der Waals surface area contributed by atoms with Crippen LogP contribution in [-0.2, 0) is 71.6 Å². The lowest BCUT2D eigenvalue weighted by Gasteiger charge is -2.52. The lowest BCUT2D eigenvalue weighted by molar-refractivity contribution is -0.391. The Morgan fingerprint density at radius 3 is 1.67 bits per heavy atom. The molecule has 11 atom stereocenters. The highest BCUT2D eigenvalue weighted by Gasteiger charge is 2.58. The van der Waals surface area contributed by atoms with Gasteiger partial charge in [0.05, 0.1) is 52.3 Å². The van der Waals surface area contributed by atoms with E-state index in [1.54, 1.807) is 37.5 Å². The summed E-state index contributed by atoms with van der Waals surface area (Å²) in [7, 11) is -1.63. The van der Waals surface area contributed by atoms with Crippen LogP contribution in [0.3, 0.4) is 0 Å². The third-order valence-corrected chi connectivity index (χ3v) is 19.9. The number of methoxy groups -OCH3 is 1. The van der Waals surface area contributed by atoms with Gasteiger partial charge in [-0.3, -0.25) is 0 Å². The zero-order valence-electron chi connectivity index (χ0n) is 46.3. The second-order valence-corrected chi connectivity index (χ2v) is 25.6. The molecule has 0 saturated carbocycles. The number of rotatable bonds is 23. The Bertz CT molecular complexity index is 2970. The fourth-order valence-electron chi connectivity index (χ4n) is 10.9. The molecule has 10 rings (SSSR count). The fourth-order valence-corrected chi connectivity index (χ4v) is 15.5. The van der Waals surface area contributed by atoms with E-state index >= 15 is 0 Å². The summed E-state index contributed by atoms with van der Waals surface area (Å²) in [5.74, 6) is 0.0835. The standard InChI is InChI=1S/C67H72O13Si/c1-6-41-70-60-57-55(45-74-64(79-57)51-31-19-10-20-32-51)77-66(62(60)78-63(68)50-29-17-9-18-30-50)80-58-56(46-75-81(67(2,3)4,53-33-21-11-22-34-53)54-35-23-12-24-36-54)76-65(73-44-48-27-15-8-16-28-48)61(72-42-47-25-13-7-14-26-47)59(58)71-43-49-37-39-52(69-5)40-38-49/h6-40,55-62,64-66H,1,41-46H2,2-5H3/t55-,56-,57+,58-,59+,60+,61-,62-,64?,65+,66+/m1/s1. The average Bonchev–Trinajstić information content (AvgIpc) is 3.69. The van der Waals surface area contributed by atoms with Crippen LogP contribution in [-0.4, -0.2) is 103 Å². The van der Waals surface area contributed by atoms with Crippen molar-refractivity contribution in [3.63, 3.8) is 0 Å². The molecule has 422 valence electrons. The predicted octanol–water partition coefficient (Wildman–Crippen LogP) is 10.7. The van der Waals surface area contributed by atoms with Crippen LogP contribution in [0.15, 0.2) is 219 Å². The first-order valence-corrected chi connectivity index (χ1v) is 29.6. The third-order valence-electron chi connectivity index (χ3n) is 14.9. The van der Waals surface area contributed by atoms with Gasteiger partial charge >= 0.3 is 5.97 Å². The Morgan fingerprint density at radius 2 is 1.10 bits per heavy atom. The predicted molar refractivity (Wildman–Crippen MR) is 309 cm³/mol. The number of carbonyl (C=O) groups excluding carboxylic acids is 1. The third kappa shape index (κ3) is 13.8. The van der Waals surface area contributed by atoms with E-state index in [0.29, 0.717) is 11.3 Å². The largest absolute Gasteiger partial charge is 0.497 e. The van der Waals surface area contributed by atoms with Crippen molar-refractivity contribution < 1.29 is 61.3 Å². The maximum atomic E-state index is 14.5. The lowest BCUT2D eigenvalue weighted by atomic mass is 9.95. The van der Waals surface area contributed by atoms with Crippen molar-refractivity contribution in [3.8, 4) is 5.75 Å². The number of carbonyl (C=O) groups is 1. The van der Waals surface area contributed by atoms with Gasteiger partial charge in [-0.2, -0.15) is 0 Å². The molecule has 3 fully saturated rings. The fraction of sp³-hybridized carbons (Fsp3) is 0.328. The molecular weight excluding hydrogens is 1040 g/mol. The molecule has 3 heterocycles. The van der Waals surface area contributed by atoms with Gasteiger partial charge in [0.25, 0.3) is 8.32 Å². The molecule has 81 heavy (non-hydrogen) atoms. The summed E-state index contributed by atoms with van der Waals surface area (Å²) in [6.45, 7) is 11.3. The van der Waals surface area contributed by atoms with Crippen molar-refractivity contribution in [3.05, 3.63) is 247 Å². The topological polar surface area (TPSA) is 128 Å². The summed E-state index contributed by atoms with van der Waals surface area (Å²) >= 11 is 0. The molecular formula is C67H72O13Si. The average molecular weight is 1110 g/mol. The van der Waals surface area contributed by atoms with Crippen molar-refractivity contribution in [2.24, 2.45) is 0 Å². The van der Waals surface area contributed by atoms with E-state index in [9.17, 15) is 4.79 Å². The van der Waals surface area contributed by atoms with Gasteiger partial charge in [-0.15, -0.1) is 6.58 Å². The molecule has 3 aliphatic heterocycles. The van der Waals surface area contributed by atoms with Crippen LogP contribution < -0.4 is 15.1 Å². The number of fused-ring (bicyclic) bond motifs is 1. The number of ether oxygens (including phenoxy) is 11. The second kappa shape index (κ2) is 27.4. The molecule has 7 aromatic rings. The van der Waals surface area contributed by atoms with Crippen LogP contribution >= 0.6 is 0 Å². The van der Waals surface area contributed by atoms with Gasteiger partial charge < -0.3 is 56.5 Å². The van der Waals surface area contributed by atoms with Crippen molar-refractivity contribution >= 4 is 24.7 Å². The number of hydrogen-bond donors (Lipinski definition) is 0. The maximum Gasteiger partial charge on any atom is 0.338 e. The van der Waals surface area contributed by atoms with Crippen molar-refractivity contribution in [2.75, 3.05) is 26.9 Å². The van der Waals surface area contributed by atoms with Gasteiger partial charge in [-0.1, -0.05) is 209 Å². The molecule has 0 spiro atoms. The van der Waals surface area contributed by atoms with Crippen LogP contribution in [0.5, 0.6) is 5.75 Å². The number of benzene rings is 7. The molecule has 0 aromatic heterocycles. The quantitative estimate of drug-likeness (QED) is 0.0343. The molecule has 3 aliphatic rings. The van der Waals surface area contributed by atoms with Crippen molar-refractivity contribution in [1.29, 1.82) is 0 Å². The van der Waals surface area contributed by atoms with E-state index in [-0.39, 0.29) is 39.6 Å². The Labute approximate surface area is 476 Å². The van der Waals surface area contributed by atoms with E-state index in [2.05, 4.69) is 75.9 Å². The van der Waals surface area contributed by atoms with Crippen LogP contribution in [0.25, 0.3) is 0 Å². The van der Waals surface area contributed by atoms with E-state index in [1.165, 1.54) is 0 Å². The normalized spacial score (nSPS) is 24.8. The first kappa shape index (κ1) is 57.6. The molecule has 3 saturated heterocycles. The highest BCUT2D eigenvalue weighted by Crippen LogP contribution is 2.42. The van der Waals surface area contributed by atoms with Crippen LogP contribution in [0.1, 0.15) is 59.7 Å². The van der Waals surface area contributed by atoms with E-state index in [0.717, 1.165) is 32.6 Å². The smallest absolute Gasteiger partial charge is 0.338 e. The Kier molecular flexibility index (Phi) is 19.5. The zero-order chi connectivity index (χ0) is 56.0. The van der Waals surface area contributed by atoms with Gasteiger partial charge in [-0.05, 0) is 56.4 Å². The first-order valence-electron chi connectivity index (χ1n) is 27.7. The molecule has 0 amide bonds.